The van der Waals surface area contributed by atoms with Crippen molar-refractivity contribution in [3.8, 4) is 6.07 Å². The monoisotopic (exact) mass is 748 g/mol. The van der Waals surface area contributed by atoms with Gasteiger partial charge in [-0.2, -0.15) is 5.26 Å². The number of carbonyl (C=O) groups is 1. The number of benzene rings is 2. The van der Waals surface area contributed by atoms with E-state index < -0.39 is 0 Å². The molecule has 0 aliphatic carbocycles. The van der Waals surface area contributed by atoms with Gasteiger partial charge in [-0.3, -0.25) is 0 Å². The molecular formula is C45H73N5O2S. The zero-order valence-electron chi connectivity index (χ0n) is 34.8. The van der Waals surface area contributed by atoms with Crippen LogP contribution in [0.15, 0.2) is 75.4 Å². The van der Waals surface area contributed by atoms with Crippen molar-refractivity contribution in [2.45, 2.75) is 152 Å². The molecule has 0 saturated heterocycles. The van der Waals surface area contributed by atoms with Crippen LogP contribution in [0.25, 0.3) is 0 Å². The molecule has 8 heteroatoms. The summed E-state index contributed by atoms with van der Waals surface area (Å²) >= 11 is 0.881. The average molecular weight is 748 g/mol. The van der Waals surface area contributed by atoms with E-state index in [1.807, 2.05) is 32.0 Å². The lowest BCUT2D eigenvalue weighted by Crippen LogP contribution is -2.09. The molecule has 2 aromatic carbocycles. The molecule has 0 aliphatic heterocycles. The Labute approximate surface area is 328 Å². The molecule has 2 unspecified atom stereocenters. The van der Waals surface area contributed by atoms with Gasteiger partial charge in [-0.15, -0.1) is 9.63 Å². The summed E-state index contributed by atoms with van der Waals surface area (Å²) in [6.07, 6.45) is 20.1. The molecule has 296 valence electrons. The highest BCUT2D eigenvalue weighted by atomic mass is 32.2. The minimum atomic E-state index is -0.367. The zero-order chi connectivity index (χ0) is 40.0. The minimum Gasteiger partial charge on any atom is -0.462 e. The zero-order valence-corrected chi connectivity index (χ0v) is 35.6. The summed E-state index contributed by atoms with van der Waals surface area (Å²) in [7, 11) is 0. The van der Waals surface area contributed by atoms with E-state index in [9.17, 15) is 4.79 Å². The van der Waals surface area contributed by atoms with Gasteiger partial charge in [-0.1, -0.05) is 163 Å². The van der Waals surface area contributed by atoms with Gasteiger partial charge in [-0.05, 0) is 72.6 Å². The number of carbonyl (C=O) groups excluding carboxylic acids is 1. The van der Waals surface area contributed by atoms with Crippen molar-refractivity contribution in [1.29, 1.82) is 5.26 Å². The van der Waals surface area contributed by atoms with Gasteiger partial charge in [0.1, 0.15) is 11.1 Å². The third-order valence-electron chi connectivity index (χ3n) is 9.21. The highest BCUT2D eigenvalue weighted by Crippen LogP contribution is 2.25. The molecule has 0 heterocycles. The maximum absolute atomic E-state index is 11.8. The van der Waals surface area contributed by atoms with E-state index in [2.05, 4.69) is 70.7 Å². The topological polar surface area (TPSA) is 127 Å². The molecule has 0 aromatic heterocycles. The Morgan fingerprint density at radius 3 is 1.87 bits per heavy atom. The second-order valence-electron chi connectivity index (χ2n) is 14.7. The second kappa shape index (κ2) is 30.8. The highest BCUT2D eigenvalue weighted by Gasteiger charge is 2.09. The molecule has 0 amide bonds. The van der Waals surface area contributed by atoms with Crippen LogP contribution in [0.2, 0.25) is 0 Å². The first kappa shape index (κ1) is 49.4. The standard InChI is InChI=1S/C19H40.C16H18N4O2S.C10H15N/c1-5-9-14-18(7-3)16-12-11-13-17-19(8-4)15-10-6-2;1-4-12(9-17)15(18)23-20-19-14-7-5-13(6-8-14)16(21)22-10-11(2)3;1-7(2)9-6-8(3)4-5-10(9)11/h18-19H,5-17H2,1-4H3;4-8,11H,1,10,18H2,2-3H3;4-7H,11H2,1-3H3/b;15-12+,20-19?;. The third-order valence-corrected chi connectivity index (χ3v) is 9.79. The summed E-state index contributed by atoms with van der Waals surface area (Å²) in [5.74, 6) is 2.48. The number of rotatable bonds is 22. The van der Waals surface area contributed by atoms with E-state index in [1.165, 1.54) is 101 Å². The number of nitriles is 1. The van der Waals surface area contributed by atoms with E-state index in [1.54, 1.807) is 24.3 Å². The lowest BCUT2D eigenvalue weighted by atomic mass is 9.90. The van der Waals surface area contributed by atoms with Crippen LogP contribution < -0.4 is 11.5 Å². The van der Waals surface area contributed by atoms with Crippen LogP contribution in [0.4, 0.5) is 11.4 Å². The number of nitrogen functional groups attached to an aromatic ring is 1. The quantitative estimate of drug-likeness (QED) is 0.0235. The number of nitrogens with two attached hydrogens (primary N) is 2. The fraction of sp³-hybridized carbons (Fsp3) is 0.600. The number of hydrogen-bond donors (Lipinski definition) is 2. The molecule has 0 bridgehead atoms. The molecule has 2 aromatic rings. The van der Waals surface area contributed by atoms with Crippen LogP contribution in [-0.4, -0.2) is 12.6 Å². The van der Waals surface area contributed by atoms with Gasteiger partial charge >= 0.3 is 5.97 Å². The van der Waals surface area contributed by atoms with Crippen LogP contribution >= 0.6 is 11.9 Å². The summed E-state index contributed by atoms with van der Waals surface area (Å²) in [5, 5.41) is 13.0. The Kier molecular flexibility index (Phi) is 28.8. The van der Waals surface area contributed by atoms with Crippen molar-refractivity contribution in [1.82, 2.24) is 0 Å². The Balaban J connectivity index is 0.000000810. The van der Waals surface area contributed by atoms with Gasteiger partial charge in [-0.25, -0.2) is 4.79 Å². The van der Waals surface area contributed by atoms with E-state index in [0.29, 0.717) is 23.8 Å². The van der Waals surface area contributed by atoms with Crippen LogP contribution in [0.1, 0.15) is 166 Å². The first-order chi connectivity index (χ1) is 25.4. The molecule has 7 nitrogen and oxygen atoms in total. The fourth-order valence-electron chi connectivity index (χ4n) is 5.68. The van der Waals surface area contributed by atoms with Crippen LogP contribution in [0, 0.1) is 36.0 Å². The number of aryl methyl sites for hydroxylation is 1. The van der Waals surface area contributed by atoms with E-state index in [0.717, 1.165) is 29.5 Å². The Hall–Kier alpha value is -3.57. The Bertz CT molecular complexity index is 1360. The minimum absolute atomic E-state index is 0.222. The van der Waals surface area contributed by atoms with E-state index in [-0.39, 0.29) is 22.5 Å². The second-order valence-corrected chi connectivity index (χ2v) is 15.4. The Morgan fingerprint density at radius 2 is 1.43 bits per heavy atom. The number of esters is 1. The normalized spacial score (nSPS) is 12.6. The van der Waals surface area contributed by atoms with E-state index in [4.69, 9.17) is 21.5 Å². The van der Waals surface area contributed by atoms with Crippen LogP contribution in [0.5, 0.6) is 0 Å². The maximum atomic E-state index is 11.8. The van der Waals surface area contributed by atoms with Gasteiger partial charge in [0, 0.05) is 5.69 Å². The molecule has 0 spiro atoms. The van der Waals surface area contributed by atoms with Gasteiger partial charge in [0.15, 0.2) is 0 Å². The molecule has 4 N–H and O–H groups in total. The molecule has 53 heavy (non-hydrogen) atoms. The smallest absolute Gasteiger partial charge is 0.338 e. The fourth-order valence-corrected chi connectivity index (χ4v) is 6.13. The first-order valence-corrected chi connectivity index (χ1v) is 20.9. The molecule has 0 aliphatic rings. The predicted octanol–water partition coefficient (Wildman–Crippen LogP) is 14.2. The highest BCUT2D eigenvalue weighted by molar-refractivity contribution is 8.01. The average Bonchev–Trinajstić information content (AvgIpc) is 3.15. The van der Waals surface area contributed by atoms with Crippen LogP contribution in [-0.2, 0) is 4.74 Å². The molecule has 2 atom stereocenters. The molecule has 0 saturated carbocycles. The number of nitrogens with zero attached hydrogens (tertiary/aromatic N) is 3. The van der Waals surface area contributed by atoms with Crippen molar-refractivity contribution >= 4 is 29.3 Å². The summed E-state index contributed by atoms with van der Waals surface area (Å²) in [5.41, 5.74) is 16.2. The largest absolute Gasteiger partial charge is 0.462 e. The van der Waals surface area contributed by atoms with E-state index >= 15 is 0 Å². The summed E-state index contributed by atoms with van der Waals surface area (Å²) in [6, 6.07) is 14.6. The lowest BCUT2D eigenvalue weighted by molar-refractivity contribution is 0.0459. The molecule has 0 fully saturated rings. The van der Waals surface area contributed by atoms with Crippen molar-refractivity contribution in [2.75, 3.05) is 12.3 Å². The SMILES string of the molecule is C=C/C(C#N)=C(/N)SN=Nc1ccc(C(=O)OCC(C)C)cc1.CCCCC(CC)CCCCCC(CC)CCCC.Cc1ccc(N)c(C(C)C)c1. The van der Waals surface area contributed by atoms with Crippen molar-refractivity contribution in [3.05, 3.63) is 82.4 Å². The number of unbranched alkanes of at least 4 members (excludes halogenated alkanes) is 4. The Morgan fingerprint density at radius 1 is 0.887 bits per heavy atom. The number of hydrogen-bond acceptors (Lipinski definition) is 8. The van der Waals surface area contributed by atoms with Crippen LogP contribution in [0.3, 0.4) is 0 Å². The summed E-state index contributed by atoms with van der Waals surface area (Å²) in [6.45, 7) is 23.6. The molecule has 0 radical (unpaired) electrons. The van der Waals surface area contributed by atoms with Gasteiger partial charge < -0.3 is 16.2 Å². The number of anilines is 1. The third kappa shape index (κ3) is 23.7. The summed E-state index contributed by atoms with van der Waals surface area (Å²) in [4.78, 5) is 11.8. The predicted molar refractivity (Wildman–Crippen MR) is 230 cm³/mol. The maximum Gasteiger partial charge on any atom is 0.338 e. The number of allylic oxidation sites excluding steroid dienone is 2. The molecular weight excluding hydrogens is 675 g/mol. The number of ether oxygens (including phenoxy) is 1. The van der Waals surface area contributed by atoms with Gasteiger partial charge in [0.25, 0.3) is 0 Å². The lowest BCUT2D eigenvalue weighted by Gasteiger charge is -2.16. The van der Waals surface area contributed by atoms with Crippen molar-refractivity contribution < 1.29 is 9.53 Å². The van der Waals surface area contributed by atoms with Gasteiger partial charge in [0.05, 0.1) is 35.4 Å². The summed E-state index contributed by atoms with van der Waals surface area (Å²) < 4.78 is 8.97. The first-order valence-electron chi connectivity index (χ1n) is 20.1. The van der Waals surface area contributed by atoms with Crippen molar-refractivity contribution in [3.63, 3.8) is 0 Å². The van der Waals surface area contributed by atoms with Gasteiger partial charge in [0.2, 0.25) is 0 Å². The molecule has 2 rings (SSSR count). The van der Waals surface area contributed by atoms with Crippen molar-refractivity contribution in [2.24, 2.45) is 33.1 Å².